The highest BCUT2D eigenvalue weighted by molar-refractivity contribution is 7.14. The van der Waals surface area contributed by atoms with E-state index in [0.29, 0.717) is 22.8 Å². The van der Waals surface area contributed by atoms with Crippen molar-refractivity contribution >= 4 is 22.4 Å². The smallest absolute Gasteiger partial charge is 0.387 e. The number of carbonyl (C=O) groups excluding carboxylic acids is 1. The molecule has 0 spiro atoms. The molecule has 0 saturated heterocycles. The number of aryl methyl sites for hydroxylation is 1. The fourth-order valence-electron chi connectivity index (χ4n) is 2.80. The summed E-state index contributed by atoms with van der Waals surface area (Å²) in [7, 11) is 0. The lowest BCUT2D eigenvalue weighted by atomic mass is 10.1. The number of nitrogens with zero attached hydrogens (tertiary/aromatic N) is 4. The van der Waals surface area contributed by atoms with Crippen LogP contribution in [0.5, 0.6) is 5.75 Å². The fourth-order valence-corrected chi connectivity index (χ4v) is 3.50. The molecule has 0 saturated carbocycles. The van der Waals surface area contributed by atoms with Gasteiger partial charge in [-0.3, -0.25) is 10.1 Å². The van der Waals surface area contributed by atoms with Gasteiger partial charge in [-0.25, -0.2) is 19.0 Å². The van der Waals surface area contributed by atoms with Gasteiger partial charge in [-0.05, 0) is 43.3 Å². The Bertz CT molecular complexity index is 1220. The number of anilines is 1. The van der Waals surface area contributed by atoms with Crippen molar-refractivity contribution in [2.45, 2.75) is 13.5 Å². The molecule has 0 aliphatic rings. The van der Waals surface area contributed by atoms with Crippen molar-refractivity contribution in [3.8, 4) is 22.7 Å². The maximum absolute atomic E-state index is 13.1. The van der Waals surface area contributed by atoms with Crippen molar-refractivity contribution < 1.29 is 22.7 Å². The number of para-hydroxylation sites is 1. The van der Waals surface area contributed by atoms with Crippen LogP contribution in [-0.2, 0) is 0 Å². The normalized spacial score (nSPS) is 11.0. The maximum Gasteiger partial charge on any atom is 0.387 e. The molecular weight excluding hydrogens is 431 g/mol. The van der Waals surface area contributed by atoms with Gasteiger partial charge in [-0.15, -0.1) is 16.4 Å². The van der Waals surface area contributed by atoms with Crippen LogP contribution in [0.4, 0.5) is 18.3 Å². The Balaban J connectivity index is 1.53. The molecule has 2 aromatic heterocycles. The van der Waals surface area contributed by atoms with E-state index in [2.05, 4.69) is 25.1 Å². The van der Waals surface area contributed by atoms with Crippen molar-refractivity contribution in [1.29, 1.82) is 0 Å². The number of rotatable bonds is 6. The van der Waals surface area contributed by atoms with Crippen molar-refractivity contribution in [3.63, 3.8) is 0 Å². The van der Waals surface area contributed by atoms with Crippen LogP contribution in [0.3, 0.4) is 0 Å². The van der Waals surface area contributed by atoms with E-state index in [4.69, 9.17) is 0 Å². The maximum atomic E-state index is 13.1. The van der Waals surface area contributed by atoms with Gasteiger partial charge in [0.2, 0.25) is 5.82 Å². The molecule has 7 nitrogen and oxygen atoms in total. The minimum Gasteiger partial charge on any atom is -0.434 e. The van der Waals surface area contributed by atoms with Crippen LogP contribution in [0.2, 0.25) is 0 Å². The second kappa shape index (κ2) is 8.56. The molecule has 0 radical (unpaired) electrons. The molecule has 2 aromatic carbocycles. The summed E-state index contributed by atoms with van der Waals surface area (Å²) < 4.78 is 44.3. The summed E-state index contributed by atoms with van der Waals surface area (Å²) in [5, 5.41) is 8.60. The zero-order valence-electron chi connectivity index (χ0n) is 15.9. The molecule has 0 atom stereocenters. The van der Waals surface area contributed by atoms with Gasteiger partial charge < -0.3 is 4.74 Å². The number of amides is 1. The van der Waals surface area contributed by atoms with E-state index in [1.807, 2.05) is 0 Å². The monoisotopic (exact) mass is 445 g/mol. The van der Waals surface area contributed by atoms with Gasteiger partial charge in [0.15, 0.2) is 5.13 Å². The van der Waals surface area contributed by atoms with Crippen molar-refractivity contribution in [3.05, 3.63) is 71.4 Å². The number of benzene rings is 2. The van der Waals surface area contributed by atoms with Crippen LogP contribution < -0.4 is 10.1 Å². The number of aromatic nitrogens is 4. The van der Waals surface area contributed by atoms with E-state index < -0.39 is 12.5 Å². The van der Waals surface area contributed by atoms with E-state index in [0.717, 1.165) is 11.3 Å². The number of hydrogen-bond donors (Lipinski definition) is 1. The van der Waals surface area contributed by atoms with Crippen molar-refractivity contribution in [2.24, 2.45) is 0 Å². The van der Waals surface area contributed by atoms with Crippen LogP contribution in [0, 0.1) is 12.7 Å². The number of nitrogens with one attached hydrogen (secondary N) is 1. The molecular formula is C20H14F3N5O2S. The summed E-state index contributed by atoms with van der Waals surface area (Å²) in [4.78, 5) is 21.0. The molecule has 31 heavy (non-hydrogen) atoms. The van der Waals surface area contributed by atoms with Crippen LogP contribution >= 0.6 is 11.3 Å². The Labute approximate surface area is 178 Å². The van der Waals surface area contributed by atoms with E-state index in [1.165, 1.54) is 35.0 Å². The van der Waals surface area contributed by atoms with Gasteiger partial charge in [0.25, 0.3) is 5.91 Å². The number of halogens is 3. The van der Waals surface area contributed by atoms with E-state index in [9.17, 15) is 18.0 Å². The molecule has 11 heteroatoms. The fraction of sp³-hybridized carbons (Fsp3) is 0.100. The van der Waals surface area contributed by atoms with Gasteiger partial charge in [0.1, 0.15) is 17.4 Å². The highest BCUT2D eigenvalue weighted by Gasteiger charge is 2.18. The number of thiazole rings is 1. The first-order valence-electron chi connectivity index (χ1n) is 8.91. The molecule has 2 heterocycles. The number of alkyl halides is 2. The van der Waals surface area contributed by atoms with E-state index in [1.54, 1.807) is 30.5 Å². The Kier molecular flexibility index (Phi) is 5.67. The largest absolute Gasteiger partial charge is 0.434 e. The summed E-state index contributed by atoms with van der Waals surface area (Å²) in [6.07, 6.45) is 0. The third kappa shape index (κ3) is 4.56. The van der Waals surface area contributed by atoms with Gasteiger partial charge in [0, 0.05) is 10.9 Å². The standard InChI is InChI=1S/C20H14F3N5O2S/c1-11-24-17(27-28(11)13-8-6-12(21)7-9-13)18(29)26-20-25-15(10-31-20)14-4-2-3-5-16(14)30-19(22)23/h2-10,19H,1H3,(H,25,26,29). The number of hydrogen-bond acceptors (Lipinski definition) is 6. The lowest BCUT2D eigenvalue weighted by molar-refractivity contribution is -0.0494. The Morgan fingerprint density at radius 1 is 1.13 bits per heavy atom. The second-order valence-electron chi connectivity index (χ2n) is 6.24. The molecule has 1 N–H and O–H groups in total. The molecule has 4 rings (SSSR count). The third-order valence-electron chi connectivity index (χ3n) is 4.15. The topological polar surface area (TPSA) is 81.9 Å². The summed E-state index contributed by atoms with van der Waals surface area (Å²) >= 11 is 1.11. The SMILES string of the molecule is Cc1nc(C(=O)Nc2nc(-c3ccccc3OC(F)F)cs2)nn1-c1ccc(F)cc1. The summed E-state index contributed by atoms with van der Waals surface area (Å²) in [5.41, 5.74) is 1.30. The zero-order chi connectivity index (χ0) is 22.0. The molecule has 158 valence electrons. The molecule has 0 bridgehead atoms. The average molecular weight is 445 g/mol. The average Bonchev–Trinajstić information content (AvgIpc) is 3.35. The summed E-state index contributed by atoms with van der Waals surface area (Å²) in [6, 6.07) is 11.8. The Morgan fingerprint density at radius 3 is 2.61 bits per heavy atom. The highest BCUT2D eigenvalue weighted by atomic mass is 32.1. The first-order valence-corrected chi connectivity index (χ1v) is 9.79. The van der Waals surface area contributed by atoms with Crippen molar-refractivity contribution in [1.82, 2.24) is 19.7 Å². The molecule has 0 fully saturated rings. The van der Waals surface area contributed by atoms with E-state index >= 15 is 0 Å². The summed E-state index contributed by atoms with van der Waals surface area (Å²) in [5.74, 6) is -0.660. The second-order valence-corrected chi connectivity index (χ2v) is 7.10. The molecule has 0 unspecified atom stereocenters. The molecule has 0 aliphatic carbocycles. The van der Waals surface area contributed by atoms with Gasteiger partial charge >= 0.3 is 6.61 Å². The number of carbonyl (C=O) groups is 1. The Morgan fingerprint density at radius 2 is 1.87 bits per heavy atom. The van der Waals surface area contributed by atoms with E-state index in [-0.39, 0.29) is 22.5 Å². The van der Waals surface area contributed by atoms with Gasteiger partial charge in [-0.2, -0.15) is 8.78 Å². The molecule has 1 amide bonds. The van der Waals surface area contributed by atoms with Gasteiger partial charge in [-0.1, -0.05) is 12.1 Å². The third-order valence-corrected chi connectivity index (χ3v) is 4.90. The van der Waals surface area contributed by atoms with Crippen LogP contribution in [-0.4, -0.2) is 32.3 Å². The van der Waals surface area contributed by atoms with Crippen LogP contribution in [0.15, 0.2) is 53.9 Å². The predicted molar refractivity (Wildman–Crippen MR) is 108 cm³/mol. The quantitative estimate of drug-likeness (QED) is 0.466. The number of ether oxygens (including phenoxy) is 1. The van der Waals surface area contributed by atoms with Gasteiger partial charge in [0.05, 0.1) is 11.4 Å². The van der Waals surface area contributed by atoms with Crippen molar-refractivity contribution in [2.75, 3.05) is 5.32 Å². The highest BCUT2D eigenvalue weighted by Crippen LogP contribution is 2.33. The molecule has 4 aromatic rings. The lowest BCUT2D eigenvalue weighted by Crippen LogP contribution is -2.14. The molecule has 0 aliphatic heterocycles. The Hall–Kier alpha value is -3.73. The minimum atomic E-state index is -2.97. The zero-order valence-corrected chi connectivity index (χ0v) is 16.7. The summed E-state index contributed by atoms with van der Waals surface area (Å²) in [6.45, 7) is -1.31. The van der Waals surface area contributed by atoms with Crippen LogP contribution in [0.25, 0.3) is 16.9 Å². The first-order chi connectivity index (χ1) is 14.9. The van der Waals surface area contributed by atoms with Crippen LogP contribution in [0.1, 0.15) is 16.4 Å². The first kappa shape index (κ1) is 20.5. The lowest BCUT2D eigenvalue weighted by Gasteiger charge is -2.08. The minimum absolute atomic E-state index is 0.0176. The predicted octanol–water partition coefficient (Wildman–Crippen LogP) is 4.69.